The SMILES string of the molecule is CC(C)Nc1nc(SC(C)C)nc2c1cnn2CCNC(=O)c1cccc(Cl)c1. The molecule has 1 aromatic carbocycles. The molecule has 0 radical (unpaired) electrons. The van der Waals surface area contributed by atoms with Crippen molar-refractivity contribution in [2.75, 3.05) is 11.9 Å². The molecule has 3 rings (SSSR count). The highest BCUT2D eigenvalue weighted by molar-refractivity contribution is 7.99. The molecular weight excluding hydrogens is 408 g/mol. The zero-order valence-corrected chi connectivity index (χ0v) is 18.5. The van der Waals surface area contributed by atoms with Crippen LogP contribution in [0.2, 0.25) is 5.02 Å². The minimum atomic E-state index is -0.170. The summed E-state index contributed by atoms with van der Waals surface area (Å²) in [6.45, 7) is 9.27. The predicted molar refractivity (Wildman–Crippen MR) is 119 cm³/mol. The number of carbonyl (C=O) groups excluding carboxylic acids is 1. The van der Waals surface area contributed by atoms with Gasteiger partial charge in [0.2, 0.25) is 0 Å². The molecule has 1 amide bonds. The highest BCUT2D eigenvalue weighted by Gasteiger charge is 2.15. The lowest BCUT2D eigenvalue weighted by Crippen LogP contribution is -2.27. The summed E-state index contributed by atoms with van der Waals surface area (Å²) in [6, 6.07) is 7.12. The first-order valence-electron chi connectivity index (χ1n) is 9.54. The molecule has 0 fully saturated rings. The summed E-state index contributed by atoms with van der Waals surface area (Å²) in [7, 11) is 0. The van der Waals surface area contributed by atoms with Crippen molar-refractivity contribution in [1.82, 2.24) is 25.1 Å². The standard InChI is InChI=1S/C20H25ClN6OS/c1-12(2)24-17-16-11-23-27(18(16)26-20(25-17)29-13(3)4)9-8-22-19(28)14-6-5-7-15(21)10-14/h5-7,10-13H,8-9H2,1-4H3,(H,22,28)(H,24,25,26). The first-order chi connectivity index (χ1) is 13.8. The van der Waals surface area contributed by atoms with E-state index in [1.807, 2.05) is 0 Å². The number of rotatable bonds is 8. The normalized spacial score (nSPS) is 11.4. The smallest absolute Gasteiger partial charge is 0.251 e. The predicted octanol–water partition coefficient (Wildman–Crippen LogP) is 4.23. The van der Waals surface area contributed by atoms with Crippen LogP contribution >= 0.6 is 23.4 Å². The van der Waals surface area contributed by atoms with Crippen molar-refractivity contribution in [2.45, 2.75) is 50.7 Å². The minimum absolute atomic E-state index is 0.170. The minimum Gasteiger partial charge on any atom is -0.367 e. The van der Waals surface area contributed by atoms with Crippen LogP contribution in [0.5, 0.6) is 0 Å². The Morgan fingerprint density at radius 1 is 1.24 bits per heavy atom. The van der Waals surface area contributed by atoms with Gasteiger partial charge in [-0.3, -0.25) is 4.79 Å². The molecule has 2 N–H and O–H groups in total. The van der Waals surface area contributed by atoms with Gasteiger partial charge in [0.15, 0.2) is 10.8 Å². The molecule has 0 unspecified atom stereocenters. The van der Waals surface area contributed by atoms with Gasteiger partial charge in [-0.1, -0.05) is 43.3 Å². The number of thioether (sulfide) groups is 1. The number of anilines is 1. The van der Waals surface area contributed by atoms with E-state index in [1.54, 1.807) is 46.9 Å². The van der Waals surface area contributed by atoms with Crippen LogP contribution in [0.25, 0.3) is 11.0 Å². The van der Waals surface area contributed by atoms with Crippen molar-refractivity contribution in [3.05, 3.63) is 41.0 Å². The van der Waals surface area contributed by atoms with Crippen LogP contribution in [0.1, 0.15) is 38.1 Å². The van der Waals surface area contributed by atoms with E-state index < -0.39 is 0 Å². The lowest BCUT2D eigenvalue weighted by molar-refractivity contribution is 0.0952. The third-order valence-electron chi connectivity index (χ3n) is 3.94. The summed E-state index contributed by atoms with van der Waals surface area (Å²) in [5.74, 6) is 0.610. The quantitative estimate of drug-likeness (QED) is 0.409. The second-order valence-electron chi connectivity index (χ2n) is 7.19. The van der Waals surface area contributed by atoms with E-state index in [1.165, 1.54) is 0 Å². The van der Waals surface area contributed by atoms with E-state index in [2.05, 4.69) is 48.4 Å². The van der Waals surface area contributed by atoms with Crippen LogP contribution in [0.15, 0.2) is 35.6 Å². The Bertz CT molecular complexity index is 1000. The summed E-state index contributed by atoms with van der Waals surface area (Å²) in [6.07, 6.45) is 1.77. The van der Waals surface area contributed by atoms with Gasteiger partial charge in [0.25, 0.3) is 5.91 Å². The maximum Gasteiger partial charge on any atom is 0.251 e. The second kappa shape index (κ2) is 9.45. The van der Waals surface area contributed by atoms with E-state index in [4.69, 9.17) is 16.6 Å². The van der Waals surface area contributed by atoms with Gasteiger partial charge in [0.1, 0.15) is 5.82 Å². The Morgan fingerprint density at radius 3 is 2.72 bits per heavy atom. The van der Waals surface area contributed by atoms with Crippen molar-refractivity contribution in [3.63, 3.8) is 0 Å². The molecule has 2 aromatic heterocycles. The van der Waals surface area contributed by atoms with Gasteiger partial charge in [-0.2, -0.15) is 5.10 Å². The molecule has 29 heavy (non-hydrogen) atoms. The number of aromatic nitrogens is 4. The topological polar surface area (TPSA) is 84.7 Å². The van der Waals surface area contributed by atoms with Crippen molar-refractivity contribution >= 4 is 46.1 Å². The Morgan fingerprint density at radius 2 is 2.03 bits per heavy atom. The molecule has 0 saturated heterocycles. The highest BCUT2D eigenvalue weighted by Crippen LogP contribution is 2.26. The largest absolute Gasteiger partial charge is 0.367 e. The fourth-order valence-electron chi connectivity index (χ4n) is 2.75. The van der Waals surface area contributed by atoms with E-state index >= 15 is 0 Å². The third kappa shape index (κ3) is 5.61. The maximum atomic E-state index is 12.3. The maximum absolute atomic E-state index is 12.3. The number of halogens is 1. The Hall–Kier alpha value is -2.32. The second-order valence-corrected chi connectivity index (χ2v) is 9.17. The molecule has 0 atom stereocenters. The third-order valence-corrected chi connectivity index (χ3v) is 5.04. The lowest BCUT2D eigenvalue weighted by Gasteiger charge is -2.12. The molecule has 0 bridgehead atoms. The summed E-state index contributed by atoms with van der Waals surface area (Å²) in [4.78, 5) is 21.7. The van der Waals surface area contributed by atoms with Crippen molar-refractivity contribution < 1.29 is 4.79 Å². The summed E-state index contributed by atoms with van der Waals surface area (Å²) >= 11 is 7.56. The molecule has 0 aliphatic rings. The molecule has 2 heterocycles. The van der Waals surface area contributed by atoms with Crippen LogP contribution < -0.4 is 10.6 Å². The molecule has 3 aromatic rings. The number of hydrogen-bond acceptors (Lipinski definition) is 6. The number of hydrogen-bond donors (Lipinski definition) is 2. The molecule has 0 spiro atoms. The zero-order chi connectivity index (χ0) is 21.0. The molecule has 7 nitrogen and oxygen atoms in total. The van der Waals surface area contributed by atoms with Crippen LogP contribution in [0.3, 0.4) is 0 Å². The van der Waals surface area contributed by atoms with Gasteiger partial charge in [-0.05, 0) is 32.0 Å². The van der Waals surface area contributed by atoms with Crippen molar-refractivity contribution in [3.8, 4) is 0 Å². The number of fused-ring (bicyclic) bond motifs is 1. The fourth-order valence-corrected chi connectivity index (χ4v) is 3.65. The molecule has 0 aliphatic carbocycles. The molecule has 9 heteroatoms. The molecule has 154 valence electrons. The average Bonchev–Trinajstić information content (AvgIpc) is 3.04. The fraction of sp³-hybridized carbons (Fsp3) is 0.400. The van der Waals surface area contributed by atoms with Gasteiger partial charge >= 0.3 is 0 Å². The first-order valence-corrected chi connectivity index (χ1v) is 10.8. The van der Waals surface area contributed by atoms with Crippen LogP contribution in [0, 0.1) is 0 Å². The summed E-state index contributed by atoms with van der Waals surface area (Å²) < 4.78 is 1.80. The van der Waals surface area contributed by atoms with Crippen LogP contribution in [-0.4, -0.2) is 43.5 Å². The number of amides is 1. The molecular formula is C20H25ClN6OS. The van der Waals surface area contributed by atoms with Crippen molar-refractivity contribution in [2.24, 2.45) is 0 Å². The highest BCUT2D eigenvalue weighted by atomic mass is 35.5. The van der Waals surface area contributed by atoms with E-state index in [9.17, 15) is 4.79 Å². The number of benzene rings is 1. The van der Waals surface area contributed by atoms with Crippen LogP contribution in [-0.2, 0) is 6.54 Å². The lowest BCUT2D eigenvalue weighted by atomic mass is 10.2. The average molecular weight is 433 g/mol. The van der Waals surface area contributed by atoms with Crippen LogP contribution in [0.4, 0.5) is 5.82 Å². The summed E-state index contributed by atoms with van der Waals surface area (Å²) in [5.41, 5.74) is 1.28. The van der Waals surface area contributed by atoms with Gasteiger partial charge in [-0.15, -0.1) is 0 Å². The summed E-state index contributed by atoms with van der Waals surface area (Å²) in [5, 5.41) is 13.2. The molecule has 0 aliphatic heterocycles. The van der Waals surface area contributed by atoms with Crippen molar-refractivity contribution in [1.29, 1.82) is 0 Å². The Labute approximate surface area is 179 Å². The van der Waals surface area contributed by atoms with Gasteiger partial charge in [-0.25, -0.2) is 14.6 Å². The first kappa shape index (κ1) is 21.4. The van der Waals surface area contributed by atoms with Gasteiger partial charge < -0.3 is 10.6 Å². The number of carbonyl (C=O) groups is 1. The van der Waals surface area contributed by atoms with E-state index in [-0.39, 0.29) is 11.9 Å². The van der Waals surface area contributed by atoms with E-state index in [0.717, 1.165) is 16.9 Å². The molecule has 0 saturated carbocycles. The zero-order valence-electron chi connectivity index (χ0n) is 16.9. The Balaban J connectivity index is 1.77. The van der Waals surface area contributed by atoms with Gasteiger partial charge in [0, 0.05) is 28.4 Å². The van der Waals surface area contributed by atoms with Gasteiger partial charge in [0.05, 0.1) is 18.1 Å². The number of nitrogens with zero attached hydrogens (tertiary/aromatic N) is 4. The Kier molecular flexibility index (Phi) is 6.97. The van der Waals surface area contributed by atoms with E-state index in [0.29, 0.717) is 34.1 Å². The number of nitrogens with one attached hydrogen (secondary N) is 2. The monoisotopic (exact) mass is 432 g/mol.